The molecule has 8 nitrogen and oxygen atoms in total. The first kappa shape index (κ1) is 28.9. The van der Waals surface area contributed by atoms with Gasteiger partial charge < -0.3 is 19.9 Å². The van der Waals surface area contributed by atoms with Gasteiger partial charge in [0.15, 0.2) is 0 Å². The molecule has 1 aliphatic carbocycles. The van der Waals surface area contributed by atoms with Gasteiger partial charge in [-0.1, -0.05) is 79.9 Å². The Morgan fingerprint density at radius 2 is 1.47 bits per heavy atom. The lowest BCUT2D eigenvalue weighted by molar-refractivity contribution is -0.138. The zero-order valence-corrected chi connectivity index (χ0v) is 23.0. The number of ether oxygens (including phenoxy) is 3. The molecular weight excluding hydrogens is 503 g/mol. The summed E-state index contributed by atoms with van der Waals surface area (Å²) in [6.07, 6.45) is 4.96. The summed E-state index contributed by atoms with van der Waals surface area (Å²) in [4.78, 5) is 39.2. The number of nitrogens with zero attached hydrogens (tertiary/aromatic N) is 1. The first-order valence-corrected chi connectivity index (χ1v) is 14.4. The third-order valence-corrected chi connectivity index (χ3v) is 10.2. The largest absolute Gasteiger partial charge is 0.466 e. The Morgan fingerprint density at radius 3 is 1.95 bits per heavy atom. The number of carbonyl (C=O) groups excluding carboxylic acids is 3. The second kappa shape index (κ2) is 13.8. The van der Waals surface area contributed by atoms with E-state index in [0.717, 1.165) is 38.2 Å². The fourth-order valence-corrected chi connectivity index (χ4v) is 8.49. The number of benzene rings is 2. The van der Waals surface area contributed by atoms with Crippen LogP contribution in [-0.4, -0.2) is 38.9 Å². The molecular formula is C29H35N2O6P. The van der Waals surface area contributed by atoms with Crippen LogP contribution in [0, 0.1) is 5.92 Å². The highest BCUT2D eigenvalue weighted by molar-refractivity contribution is 7.85. The molecule has 0 aromatic heterocycles. The number of allylic oxidation sites excluding steroid dienone is 1. The van der Waals surface area contributed by atoms with Gasteiger partial charge in [-0.3, -0.25) is 0 Å². The number of hydrogen-bond donors (Lipinski definition) is 1. The number of carbonyl (C=O) groups is 3. The molecule has 2 aromatic rings. The van der Waals surface area contributed by atoms with Crippen LogP contribution in [0.5, 0.6) is 0 Å². The van der Waals surface area contributed by atoms with E-state index in [0.29, 0.717) is 21.6 Å². The molecule has 1 fully saturated rings. The molecule has 0 heterocycles. The molecule has 1 amide bonds. The van der Waals surface area contributed by atoms with Gasteiger partial charge in [-0.2, -0.15) is 4.74 Å². The van der Waals surface area contributed by atoms with E-state index in [1.54, 1.807) is 6.92 Å². The summed E-state index contributed by atoms with van der Waals surface area (Å²) < 4.78 is 20.1. The van der Waals surface area contributed by atoms with Crippen LogP contribution in [0.2, 0.25) is 0 Å². The van der Waals surface area contributed by atoms with Crippen LogP contribution >= 0.6 is 7.05 Å². The number of nitrogens with two attached hydrogens (primary N) is 1. The summed E-state index contributed by atoms with van der Waals surface area (Å²) in [6.45, 7) is 1.81. The van der Waals surface area contributed by atoms with Crippen LogP contribution in [0.3, 0.4) is 0 Å². The van der Waals surface area contributed by atoms with E-state index in [2.05, 4.69) is 0 Å². The van der Waals surface area contributed by atoms with Gasteiger partial charge in [-0.15, -0.1) is 0 Å². The van der Waals surface area contributed by atoms with Crippen molar-refractivity contribution >= 4 is 35.7 Å². The van der Waals surface area contributed by atoms with Crippen LogP contribution < -0.4 is 16.3 Å². The van der Waals surface area contributed by atoms with Gasteiger partial charge in [0.2, 0.25) is 0 Å². The lowest BCUT2D eigenvalue weighted by Crippen LogP contribution is -2.28. The van der Waals surface area contributed by atoms with E-state index in [9.17, 15) is 14.4 Å². The Labute approximate surface area is 223 Å². The summed E-state index contributed by atoms with van der Waals surface area (Å²) in [5, 5.41) is 1.66. The van der Waals surface area contributed by atoms with Crippen molar-refractivity contribution in [3.63, 3.8) is 0 Å². The zero-order valence-electron chi connectivity index (χ0n) is 22.1. The monoisotopic (exact) mass is 538 g/mol. The van der Waals surface area contributed by atoms with Gasteiger partial charge in [-0.05, 0) is 25.7 Å². The van der Waals surface area contributed by atoms with E-state index in [-0.39, 0.29) is 18.1 Å². The van der Waals surface area contributed by atoms with E-state index in [1.165, 1.54) is 14.2 Å². The predicted octanol–water partition coefficient (Wildman–Crippen LogP) is 5.02. The van der Waals surface area contributed by atoms with Gasteiger partial charge in [0, 0.05) is 27.7 Å². The molecule has 0 saturated heterocycles. The third-order valence-electron chi connectivity index (χ3n) is 6.53. The Kier molecular flexibility index (Phi) is 10.5. The first-order valence-electron chi connectivity index (χ1n) is 12.7. The number of rotatable bonds is 8. The van der Waals surface area contributed by atoms with E-state index in [4.69, 9.17) is 24.7 Å². The van der Waals surface area contributed by atoms with Crippen molar-refractivity contribution in [2.45, 2.75) is 39.0 Å². The molecule has 0 bridgehead atoms. The summed E-state index contributed by atoms with van der Waals surface area (Å²) in [5.74, 6) is -1.61. The minimum absolute atomic E-state index is 0.0753. The van der Waals surface area contributed by atoms with Crippen molar-refractivity contribution in [3.05, 3.63) is 83.3 Å². The summed E-state index contributed by atoms with van der Waals surface area (Å²) >= 11 is 0. The molecule has 202 valence electrons. The Hall–Kier alpha value is -3.64. The average Bonchev–Trinajstić information content (AvgIpc) is 2.97. The molecule has 0 atom stereocenters. The maximum absolute atomic E-state index is 13.4. The average molecular weight is 539 g/mol. The lowest BCUT2D eigenvalue weighted by atomic mass is 9.86. The summed E-state index contributed by atoms with van der Waals surface area (Å²) in [7, 11) is -0.926. The third kappa shape index (κ3) is 6.43. The minimum Gasteiger partial charge on any atom is -0.466 e. The normalized spacial score (nSPS) is 15.2. The molecule has 0 unspecified atom stereocenters. The molecule has 2 aromatic carbocycles. The van der Waals surface area contributed by atoms with Crippen molar-refractivity contribution in [3.8, 4) is 0 Å². The molecule has 0 spiro atoms. The van der Waals surface area contributed by atoms with Crippen molar-refractivity contribution in [2.24, 2.45) is 16.4 Å². The van der Waals surface area contributed by atoms with Crippen LogP contribution in [0.1, 0.15) is 39.0 Å². The van der Waals surface area contributed by atoms with Gasteiger partial charge >= 0.3 is 18.0 Å². The van der Waals surface area contributed by atoms with Gasteiger partial charge in [-0.25, -0.2) is 14.4 Å². The van der Waals surface area contributed by atoms with E-state index < -0.39 is 25.1 Å². The molecule has 0 radical (unpaired) electrons. The van der Waals surface area contributed by atoms with E-state index in [1.807, 2.05) is 60.7 Å². The Balaban J connectivity index is 2.60. The molecule has 1 saturated carbocycles. The zero-order chi connectivity index (χ0) is 27.5. The standard InChI is InChI=1S/C29H35N2O6P/c1-4-37-29(34)31-38(22-16-10-6-11-17-22,23-18-12-7-13-19-23)27(26(30)21-14-8-5-9-15-21)24(28(33)36-3)20-25(32)35-2/h6-7,10-13,16-21H,4-5,8-9,14-15,30H2,1-3H3/b24-20-,27-26-. The highest BCUT2D eigenvalue weighted by atomic mass is 31.2. The van der Waals surface area contributed by atoms with Crippen LogP contribution in [-0.2, 0) is 23.8 Å². The Bertz CT molecular complexity index is 1200. The topological polar surface area (TPSA) is 117 Å². The summed E-state index contributed by atoms with van der Waals surface area (Å²) in [5.41, 5.74) is 7.34. The van der Waals surface area contributed by atoms with Crippen molar-refractivity contribution < 1.29 is 28.6 Å². The summed E-state index contributed by atoms with van der Waals surface area (Å²) in [6, 6.07) is 18.5. The molecule has 2 N–H and O–H groups in total. The van der Waals surface area contributed by atoms with Crippen LogP contribution in [0.25, 0.3) is 0 Å². The van der Waals surface area contributed by atoms with Crippen molar-refractivity contribution in [1.82, 2.24) is 0 Å². The first-order chi connectivity index (χ1) is 18.4. The number of hydrogen-bond acceptors (Lipinski definition) is 7. The molecule has 1 aliphatic rings. The second-order valence-corrected chi connectivity index (χ2v) is 11.8. The van der Waals surface area contributed by atoms with Crippen LogP contribution in [0.4, 0.5) is 4.79 Å². The maximum atomic E-state index is 13.4. The molecule has 0 aliphatic heterocycles. The van der Waals surface area contributed by atoms with Gasteiger partial charge in [0.25, 0.3) is 0 Å². The Morgan fingerprint density at radius 1 is 0.921 bits per heavy atom. The second-order valence-electron chi connectivity index (χ2n) is 8.82. The smallest absolute Gasteiger partial charge is 0.433 e. The lowest BCUT2D eigenvalue weighted by Gasteiger charge is -2.33. The maximum Gasteiger partial charge on any atom is 0.433 e. The van der Waals surface area contributed by atoms with Gasteiger partial charge in [0.05, 0.1) is 33.5 Å². The highest BCUT2D eigenvalue weighted by Crippen LogP contribution is 2.60. The quantitative estimate of drug-likeness (QED) is 0.165. The molecule has 3 rings (SSSR count). The van der Waals surface area contributed by atoms with Crippen molar-refractivity contribution in [2.75, 3.05) is 20.8 Å². The van der Waals surface area contributed by atoms with Gasteiger partial charge in [0.1, 0.15) is 0 Å². The van der Waals surface area contributed by atoms with E-state index >= 15 is 0 Å². The SMILES string of the molecule is CCOC(=O)N=P(C(=C(\N)C1CCCCC1)/C(=C/C(=O)OC)C(=O)OC)(c1ccccc1)c1ccccc1. The molecule has 9 heteroatoms. The fourth-order valence-electron chi connectivity index (χ4n) is 4.77. The van der Waals surface area contributed by atoms with Crippen molar-refractivity contribution in [1.29, 1.82) is 0 Å². The predicted molar refractivity (Wildman–Crippen MR) is 148 cm³/mol. The minimum atomic E-state index is -3.38. The fraction of sp³-hybridized carbons (Fsp3) is 0.345. The number of esters is 2. The highest BCUT2D eigenvalue weighted by Gasteiger charge is 2.39. The van der Waals surface area contributed by atoms with Crippen LogP contribution in [0.15, 0.2) is 88.1 Å². The molecule has 38 heavy (non-hydrogen) atoms. The number of amides is 1. The number of methoxy groups -OCH3 is 2.